The summed E-state index contributed by atoms with van der Waals surface area (Å²) >= 11 is 0. The van der Waals surface area contributed by atoms with E-state index in [1.807, 2.05) is 55.4 Å². The molecule has 2 aliphatic carbocycles. The van der Waals surface area contributed by atoms with Gasteiger partial charge in [-0.2, -0.15) is 0 Å². The summed E-state index contributed by atoms with van der Waals surface area (Å²) in [6.45, 7) is 48.6. The summed E-state index contributed by atoms with van der Waals surface area (Å²) in [5.74, 6) is 5.33. The zero-order valence-corrected chi connectivity index (χ0v) is 45.3. The quantitative estimate of drug-likeness (QED) is 0.141. The summed E-state index contributed by atoms with van der Waals surface area (Å²) in [5.41, 5.74) is 17.4. The Labute approximate surface area is 395 Å². The van der Waals surface area contributed by atoms with Crippen LogP contribution in [0.1, 0.15) is 232 Å². The maximum Gasteiger partial charge on any atom is 0.00862 e. The molecule has 0 bridgehead atoms. The van der Waals surface area contributed by atoms with Crippen molar-refractivity contribution in [1.29, 1.82) is 0 Å². The van der Waals surface area contributed by atoms with E-state index in [-0.39, 0.29) is 0 Å². The number of benzene rings is 3. The van der Waals surface area contributed by atoms with Gasteiger partial charge in [-0.3, -0.25) is 0 Å². The topological polar surface area (TPSA) is 0 Å². The normalized spacial score (nSPS) is 15.6. The van der Waals surface area contributed by atoms with Crippen LogP contribution in [0.25, 0.3) is 11.1 Å². The Hall–Kier alpha value is -4.08. The lowest BCUT2D eigenvalue weighted by Crippen LogP contribution is -2.17. The van der Waals surface area contributed by atoms with Crippen molar-refractivity contribution in [3.8, 4) is 12.3 Å². The van der Waals surface area contributed by atoms with Crippen LogP contribution in [0.3, 0.4) is 0 Å². The summed E-state index contributed by atoms with van der Waals surface area (Å²) in [6, 6.07) is 22.3. The Kier molecular flexibility index (Phi) is 38.5. The van der Waals surface area contributed by atoms with Gasteiger partial charge in [-0.1, -0.05) is 226 Å². The Morgan fingerprint density at radius 2 is 1.35 bits per heavy atom. The molecule has 0 heterocycles. The van der Waals surface area contributed by atoms with Crippen molar-refractivity contribution in [1.82, 2.24) is 0 Å². The fourth-order valence-corrected chi connectivity index (χ4v) is 8.13. The fraction of sp³-hybridized carbons (Fsp3) is 0.524. The standard InChI is InChI=1S/C21H30.C19H26.C12H16.C3H4.4C2H6/c1-6-8-20-16(5)21(14-13-17(20)7-2)19-11-9-18(10-12-19)15(3)4;1-5-17-15(4)14(3)12-13-19(17)18(6-2)16-10-8-7-9-11-16;1-9(2)11-7-5-6-8-12(11)10(3)4;1-3-2;4*1-2/h8-12,14-17H,6-7,13H2,1-5H3;8,10-13,18H,5-7,9H2,1-4H3;5-8,10H,1H2,2-4H3;1H,2H3;4*1-2H3/b20-8-;;;;;;;. The van der Waals surface area contributed by atoms with E-state index in [0.717, 1.165) is 24.3 Å². The Bertz CT molecular complexity index is 1790. The number of hydrogen-bond donors (Lipinski definition) is 0. The van der Waals surface area contributed by atoms with Gasteiger partial charge in [0.15, 0.2) is 0 Å². The second kappa shape index (κ2) is 38.4. The molecule has 352 valence electrons. The second-order valence-electron chi connectivity index (χ2n) is 16.0. The molecule has 0 amide bonds. The van der Waals surface area contributed by atoms with Crippen molar-refractivity contribution in [3.05, 3.63) is 153 Å². The molecule has 63 heavy (non-hydrogen) atoms. The molecular formula is C63H100. The molecule has 0 nitrogen and oxygen atoms in total. The van der Waals surface area contributed by atoms with Gasteiger partial charge in [0.25, 0.3) is 0 Å². The minimum absolute atomic E-state index is 0.563. The van der Waals surface area contributed by atoms with Crippen molar-refractivity contribution in [2.45, 2.75) is 208 Å². The molecule has 2 aliphatic rings. The van der Waals surface area contributed by atoms with Gasteiger partial charge in [-0.05, 0) is 146 Å². The first-order valence-electron chi connectivity index (χ1n) is 25.4. The van der Waals surface area contributed by atoms with Gasteiger partial charge in [0.05, 0.1) is 0 Å². The van der Waals surface area contributed by atoms with E-state index < -0.39 is 0 Å². The molecule has 0 radical (unpaired) electrons. The number of rotatable bonds is 10. The van der Waals surface area contributed by atoms with E-state index in [4.69, 9.17) is 0 Å². The number of aryl methyl sites for hydroxylation is 1. The van der Waals surface area contributed by atoms with Crippen LogP contribution < -0.4 is 0 Å². The van der Waals surface area contributed by atoms with Gasteiger partial charge < -0.3 is 0 Å². The highest BCUT2D eigenvalue weighted by Crippen LogP contribution is 2.41. The molecule has 5 rings (SSSR count). The average molecular weight is 857 g/mol. The lowest BCUT2D eigenvalue weighted by atomic mass is 9.74. The van der Waals surface area contributed by atoms with Gasteiger partial charge in [0, 0.05) is 11.8 Å². The van der Waals surface area contributed by atoms with Crippen LogP contribution >= 0.6 is 0 Å². The third-order valence-electron chi connectivity index (χ3n) is 11.4. The zero-order chi connectivity index (χ0) is 49.1. The van der Waals surface area contributed by atoms with Crippen LogP contribution in [0.15, 0.2) is 109 Å². The monoisotopic (exact) mass is 857 g/mol. The second-order valence-corrected chi connectivity index (χ2v) is 16.0. The molecule has 3 unspecified atom stereocenters. The van der Waals surface area contributed by atoms with E-state index >= 15 is 0 Å². The molecular weight excluding hydrogens is 757 g/mol. The summed E-state index contributed by atoms with van der Waals surface area (Å²) < 4.78 is 0. The Morgan fingerprint density at radius 3 is 1.78 bits per heavy atom. The van der Waals surface area contributed by atoms with Crippen LogP contribution in [0.4, 0.5) is 0 Å². The first-order chi connectivity index (χ1) is 30.3. The Balaban J connectivity index is -0.000000788. The zero-order valence-electron chi connectivity index (χ0n) is 45.3. The van der Waals surface area contributed by atoms with Crippen LogP contribution in [0.5, 0.6) is 0 Å². The summed E-state index contributed by atoms with van der Waals surface area (Å²) in [4.78, 5) is 0. The SMILES string of the molecule is C#CC.C=C(C)c1ccccc1C(C)C.CC.CC.CC.CC.CC/C=C1\C(CC)CC=C(c2ccc(C(C)C)cc2)C1C.CCc1c(C(CC)C2=CCCC=C2)ccc(C)c1C. The van der Waals surface area contributed by atoms with Gasteiger partial charge in [-0.25, -0.2) is 0 Å². The van der Waals surface area contributed by atoms with Gasteiger partial charge in [-0.15, -0.1) is 12.3 Å². The molecule has 0 heteroatoms. The average Bonchev–Trinajstić information content (AvgIpc) is 3.32. The number of hydrogen-bond acceptors (Lipinski definition) is 0. The summed E-state index contributed by atoms with van der Waals surface area (Å²) in [6.07, 6.45) is 25.0. The van der Waals surface area contributed by atoms with Crippen LogP contribution in [-0.2, 0) is 6.42 Å². The van der Waals surface area contributed by atoms with Crippen LogP contribution in [-0.4, -0.2) is 0 Å². The lowest BCUT2D eigenvalue weighted by molar-refractivity contribution is 0.535. The first kappa shape index (κ1) is 63.2. The van der Waals surface area contributed by atoms with Gasteiger partial charge in [0.2, 0.25) is 0 Å². The molecule has 0 fully saturated rings. The molecule has 0 spiro atoms. The molecule has 0 saturated heterocycles. The van der Waals surface area contributed by atoms with Crippen molar-refractivity contribution in [2.75, 3.05) is 0 Å². The first-order valence-corrected chi connectivity index (χ1v) is 25.4. The molecule has 0 N–H and O–H groups in total. The van der Waals surface area contributed by atoms with Gasteiger partial charge in [0.1, 0.15) is 0 Å². The van der Waals surface area contributed by atoms with Crippen molar-refractivity contribution >= 4 is 11.1 Å². The van der Waals surface area contributed by atoms with Crippen LogP contribution in [0.2, 0.25) is 0 Å². The molecule has 3 atom stereocenters. The van der Waals surface area contributed by atoms with Crippen LogP contribution in [0, 0.1) is 38.0 Å². The number of terminal acetylenes is 1. The predicted molar refractivity (Wildman–Crippen MR) is 294 cm³/mol. The molecule has 3 aromatic rings. The highest BCUT2D eigenvalue weighted by Gasteiger charge is 2.25. The molecule has 0 aliphatic heterocycles. The molecule has 0 saturated carbocycles. The van der Waals surface area contributed by atoms with E-state index in [9.17, 15) is 0 Å². The Morgan fingerprint density at radius 1 is 0.778 bits per heavy atom. The number of allylic oxidation sites excluding steroid dienone is 9. The third kappa shape index (κ3) is 21.4. The minimum Gasteiger partial charge on any atom is -0.120 e. The fourth-order valence-electron chi connectivity index (χ4n) is 8.13. The maximum atomic E-state index is 4.60. The summed E-state index contributed by atoms with van der Waals surface area (Å²) in [5, 5.41) is 0. The highest BCUT2D eigenvalue weighted by atomic mass is 14.3. The van der Waals surface area contributed by atoms with Crippen molar-refractivity contribution < 1.29 is 0 Å². The van der Waals surface area contributed by atoms with Crippen molar-refractivity contribution in [3.63, 3.8) is 0 Å². The summed E-state index contributed by atoms with van der Waals surface area (Å²) in [7, 11) is 0. The predicted octanol–water partition coefficient (Wildman–Crippen LogP) is 20.8. The van der Waals surface area contributed by atoms with E-state index in [1.54, 1.807) is 23.6 Å². The lowest BCUT2D eigenvalue weighted by Gasteiger charge is -2.31. The smallest absolute Gasteiger partial charge is 0.00862 e. The van der Waals surface area contributed by atoms with E-state index in [2.05, 4.69) is 193 Å². The van der Waals surface area contributed by atoms with E-state index in [0.29, 0.717) is 23.7 Å². The van der Waals surface area contributed by atoms with Crippen molar-refractivity contribution in [2.24, 2.45) is 11.8 Å². The largest absolute Gasteiger partial charge is 0.120 e. The van der Waals surface area contributed by atoms with E-state index in [1.165, 1.54) is 76.6 Å². The minimum atomic E-state index is 0.563. The van der Waals surface area contributed by atoms with Gasteiger partial charge >= 0.3 is 0 Å². The highest BCUT2D eigenvalue weighted by molar-refractivity contribution is 5.71. The maximum absolute atomic E-state index is 4.60. The molecule has 3 aromatic carbocycles. The third-order valence-corrected chi connectivity index (χ3v) is 11.4. The molecule has 0 aromatic heterocycles.